The first-order valence-electron chi connectivity index (χ1n) is 10.4. The number of aryl methyl sites for hydroxylation is 1. The third-order valence-corrected chi connectivity index (χ3v) is 5.32. The fourth-order valence-electron chi connectivity index (χ4n) is 3.86. The number of carbonyl (C=O) groups is 1. The van der Waals surface area contributed by atoms with Crippen molar-refractivity contribution >= 4 is 27.8 Å². The molecule has 0 bridgehead atoms. The summed E-state index contributed by atoms with van der Waals surface area (Å²) in [6, 6.07) is 10.2. The van der Waals surface area contributed by atoms with Crippen LogP contribution in [0, 0.1) is 12.7 Å². The number of carbonyl (C=O) groups excluding carboxylic acids is 1. The molecule has 0 saturated heterocycles. The molecule has 7 nitrogen and oxygen atoms in total. The summed E-state index contributed by atoms with van der Waals surface area (Å²) in [6.45, 7) is 3.86. The van der Waals surface area contributed by atoms with Gasteiger partial charge < -0.3 is 14.5 Å². The first kappa shape index (κ1) is 20.6. The molecule has 1 N–H and O–H groups in total. The molecule has 3 aromatic heterocycles. The zero-order valence-corrected chi connectivity index (χ0v) is 17.9. The SMILES string of the molecule is CCOC(=O)c1ncc(-c2ccccc2F)c2c1[nH]c1cc(C)c(Oc3cncnc3)cc12. The minimum Gasteiger partial charge on any atom is -0.461 e. The number of pyridine rings is 1. The van der Waals surface area contributed by atoms with Crippen LogP contribution in [0.15, 0.2) is 61.3 Å². The third kappa shape index (κ3) is 3.65. The Balaban J connectivity index is 1.80. The van der Waals surface area contributed by atoms with Gasteiger partial charge in [0.2, 0.25) is 0 Å². The highest BCUT2D eigenvalue weighted by atomic mass is 19.1. The molecule has 0 atom stereocenters. The molecule has 8 heteroatoms. The average molecular weight is 442 g/mol. The molecule has 0 aliphatic heterocycles. The molecule has 0 aliphatic rings. The van der Waals surface area contributed by atoms with Crippen molar-refractivity contribution in [2.45, 2.75) is 13.8 Å². The van der Waals surface area contributed by atoms with Gasteiger partial charge in [-0.1, -0.05) is 18.2 Å². The normalized spacial score (nSPS) is 11.1. The second-order valence-electron chi connectivity index (χ2n) is 7.44. The quantitative estimate of drug-likeness (QED) is 0.357. The van der Waals surface area contributed by atoms with Crippen LogP contribution in [0.25, 0.3) is 32.9 Å². The van der Waals surface area contributed by atoms with Crippen molar-refractivity contribution in [1.82, 2.24) is 19.9 Å². The van der Waals surface area contributed by atoms with Crippen molar-refractivity contribution < 1.29 is 18.7 Å². The van der Waals surface area contributed by atoms with Crippen LogP contribution in [0.4, 0.5) is 4.39 Å². The highest BCUT2D eigenvalue weighted by molar-refractivity contribution is 6.18. The van der Waals surface area contributed by atoms with Crippen molar-refractivity contribution in [3.8, 4) is 22.6 Å². The van der Waals surface area contributed by atoms with E-state index >= 15 is 0 Å². The number of nitrogens with one attached hydrogen (secondary N) is 1. The summed E-state index contributed by atoms with van der Waals surface area (Å²) in [5.74, 6) is 0.141. The summed E-state index contributed by atoms with van der Waals surface area (Å²) in [5.41, 5.74) is 3.17. The Bertz CT molecular complexity index is 1500. The molecule has 5 aromatic rings. The molecular formula is C25H19FN4O3. The summed E-state index contributed by atoms with van der Waals surface area (Å²) >= 11 is 0. The molecule has 33 heavy (non-hydrogen) atoms. The number of halogens is 1. The number of hydrogen-bond acceptors (Lipinski definition) is 6. The molecule has 0 radical (unpaired) electrons. The Morgan fingerprint density at radius 2 is 1.88 bits per heavy atom. The van der Waals surface area contributed by atoms with E-state index in [0.29, 0.717) is 33.5 Å². The van der Waals surface area contributed by atoms with Gasteiger partial charge in [-0.25, -0.2) is 24.1 Å². The topological polar surface area (TPSA) is 90.0 Å². The zero-order valence-electron chi connectivity index (χ0n) is 17.9. The van der Waals surface area contributed by atoms with E-state index in [1.807, 2.05) is 19.1 Å². The monoisotopic (exact) mass is 442 g/mol. The highest BCUT2D eigenvalue weighted by Gasteiger charge is 2.22. The third-order valence-electron chi connectivity index (χ3n) is 5.32. The first-order valence-corrected chi connectivity index (χ1v) is 10.4. The first-order chi connectivity index (χ1) is 16.1. The number of aromatic nitrogens is 4. The van der Waals surface area contributed by atoms with E-state index in [2.05, 4.69) is 19.9 Å². The van der Waals surface area contributed by atoms with Crippen molar-refractivity contribution in [2.75, 3.05) is 6.61 Å². The van der Waals surface area contributed by atoms with Crippen LogP contribution < -0.4 is 4.74 Å². The van der Waals surface area contributed by atoms with E-state index in [-0.39, 0.29) is 18.1 Å². The van der Waals surface area contributed by atoms with Crippen molar-refractivity contribution in [3.63, 3.8) is 0 Å². The van der Waals surface area contributed by atoms with Crippen molar-refractivity contribution in [3.05, 3.63) is 78.4 Å². The lowest BCUT2D eigenvalue weighted by Gasteiger charge is -2.10. The molecule has 0 spiro atoms. The molecule has 0 amide bonds. The van der Waals surface area contributed by atoms with E-state index in [1.165, 1.54) is 18.6 Å². The second-order valence-corrected chi connectivity index (χ2v) is 7.44. The molecule has 0 saturated carbocycles. The number of fused-ring (bicyclic) bond motifs is 3. The Labute approximate surface area is 188 Å². The molecule has 164 valence electrons. The predicted octanol–water partition coefficient (Wildman–Crippen LogP) is 5.59. The second kappa shape index (κ2) is 8.31. The average Bonchev–Trinajstić information content (AvgIpc) is 3.18. The Kier molecular flexibility index (Phi) is 5.18. The van der Waals surface area contributed by atoms with Crippen LogP contribution >= 0.6 is 0 Å². The van der Waals surface area contributed by atoms with Crippen LogP contribution in [-0.2, 0) is 4.74 Å². The summed E-state index contributed by atoms with van der Waals surface area (Å²) < 4.78 is 25.9. The Hall–Kier alpha value is -4.33. The van der Waals surface area contributed by atoms with E-state index in [1.54, 1.807) is 37.5 Å². The lowest BCUT2D eigenvalue weighted by Crippen LogP contribution is -2.08. The highest BCUT2D eigenvalue weighted by Crippen LogP contribution is 2.39. The maximum atomic E-state index is 14.8. The van der Waals surface area contributed by atoms with Gasteiger partial charge in [-0.2, -0.15) is 0 Å². The molecule has 2 aromatic carbocycles. The summed E-state index contributed by atoms with van der Waals surface area (Å²) in [7, 11) is 0. The number of H-pyrrole nitrogens is 1. The van der Waals surface area contributed by atoms with Gasteiger partial charge in [-0.3, -0.25) is 0 Å². The lowest BCUT2D eigenvalue weighted by atomic mass is 9.99. The molecule has 3 heterocycles. The number of nitrogens with zero attached hydrogens (tertiary/aromatic N) is 3. The number of esters is 1. The Morgan fingerprint density at radius 3 is 2.64 bits per heavy atom. The predicted molar refractivity (Wildman–Crippen MR) is 122 cm³/mol. The largest absolute Gasteiger partial charge is 0.461 e. The van der Waals surface area contributed by atoms with Gasteiger partial charge in [0.15, 0.2) is 11.4 Å². The molecular weight excluding hydrogens is 423 g/mol. The number of ether oxygens (including phenoxy) is 2. The lowest BCUT2D eigenvalue weighted by molar-refractivity contribution is 0.0522. The van der Waals surface area contributed by atoms with E-state index in [4.69, 9.17) is 9.47 Å². The van der Waals surface area contributed by atoms with E-state index < -0.39 is 5.97 Å². The van der Waals surface area contributed by atoms with Crippen LogP contribution in [0.3, 0.4) is 0 Å². The Morgan fingerprint density at radius 1 is 1.09 bits per heavy atom. The van der Waals surface area contributed by atoms with Gasteiger partial charge in [0.1, 0.15) is 17.9 Å². The van der Waals surface area contributed by atoms with Crippen LogP contribution in [0.2, 0.25) is 0 Å². The van der Waals surface area contributed by atoms with Crippen LogP contribution in [-0.4, -0.2) is 32.5 Å². The number of benzene rings is 2. The maximum Gasteiger partial charge on any atom is 0.359 e. The van der Waals surface area contributed by atoms with Gasteiger partial charge >= 0.3 is 5.97 Å². The maximum absolute atomic E-state index is 14.8. The van der Waals surface area contributed by atoms with Crippen molar-refractivity contribution in [1.29, 1.82) is 0 Å². The van der Waals surface area contributed by atoms with Gasteiger partial charge in [0.25, 0.3) is 0 Å². The van der Waals surface area contributed by atoms with Crippen molar-refractivity contribution in [2.24, 2.45) is 0 Å². The number of aromatic amines is 1. The van der Waals surface area contributed by atoms with Gasteiger partial charge in [-0.05, 0) is 37.6 Å². The molecule has 5 rings (SSSR count). The molecule has 0 aliphatic carbocycles. The van der Waals surface area contributed by atoms with Crippen LogP contribution in [0.1, 0.15) is 23.0 Å². The van der Waals surface area contributed by atoms with E-state index in [0.717, 1.165) is 16.5 Å². The zero-order chi connectivity index (χ0) is 22.9. The fraction of sp³-hybridized carbons (Fsp3) is 0.120. The fourth-order valence-corrected chi connectivity index (χ4v) is 3.86. The van der Waals surface area contributed by atoms with Gasteiger partial charge in [0.05, 0.1) is 24.5 Å². The van der Waals surface area contributed by atoms with E-state index in [9.17, 15) is 9.18 Å². The summed E-state index contributed by atoms with van der Waals surface area (Å²) in [5, 5.41) is 1.41. The standard InChI is InChI=1S/C25H19FN4O3/c1-3-32-25(31)24-23-22(18(12-29-24)16-6-4-5-7-19(16)26)17-9-21(14(2)8-20(17)30-23)33-15-10-27-13-28-11-15/h4-13,30H,3H2,1-2H3. The minimum absolute atomic E-state index is 0.139. The van der Waals surface area contributed by atoms with Crippen LogP contribution in [0.5, 0.6) is 11.5 Å². The van der Waals surface area contributed by atoms with Gasteiger partial charge in [-0.15, -0.1) is 0 Å². The summed E-state index contributed by atoms with van der Waals surface area (Å²) in [6.07, 6.45) is 6.07. The number of rotatable bonds is 5. The van der Waals surface area contributed by atoms with Gasteiger partial charge in [0, 0.05) is 33.6 Å². The summed E-state index contributed by atoms with van der Waals surface area (Å²) in [4.78, 5) is 28.2. The minimum atomic E-state index is -0.552. The smallest absolute Gasteiger partial charge is 0.359 e. The number of hydrogen-bond donors (Lipinski definition) is 1. The molecule has 0 fully saturated rings. The molecule has 0 unspecified atom stereocenters.